The molecular weight excluding hydrogens is 521 g/mol. The summed E-state index contributed by atoms with van der Waals surface area (Å²) in [5, 5.41) is 7.53. The van der Waals surface area contributed by atoms with Gasteiger partial charge < -0.3 is 21.1 Å². The summed E-state index contributed by atoms with van der Waals surface area (Å²) in [4.78, 5) is 9.12. The molecule has 0 bridgehead atoms. The molecule has 1 saturated carbocycles. The van der Waals surface area contributed by atoms with Crippen molar-refractivity contribution >= 4 is 32.7 Å². The molecule has 4 rings (SSSR count). The van der Waals surface area contributed by atoms with E-state index in [0.29, 0.717) is 31.5 Å². The van der Waals surface area contributed by atoms with E-state index in [4.69, 9.17) is 5.73 Å². The maximum atomic E-state index is 12.6. The smallest absolute Gasteiger partial charge is 0.406 e. The van der Waals surface area contributed by atoms with Gasteiger partial charge in [0.2, 0.25) is 16.0 Å². The number of hydrogen-bond acceptors (Lipinski definition) is 8. The van der Waals surface area contributed by atoms with E-state index in [1.165, 1.54) is 0 Å². The number of rotatable bonds is 11. The van der Waals surface area contributed by atoms with Crippen LogP contribution >= 0.6 is 0 Å². The van der Waals surface area contributed by atoms with Gasteiger partial charge in [-0.2, -0.15) is 4.98 Å². The Kier molecular flexibility index (Phi) is 8.90. The summed E-state index contributed by atoms with van der Waals surface area (Å²) >= 11 is 0. The molecule has 0 aliphatic heterocycles. The second kappa shape index (κ2) is 12.1. The zero-order chi connectivity index (χ0) is 27.2. The van der Waals surface area contributed by atoms with Crippen LogP contribution in [0.3, 0.4) is 0 Å². The summed E-state index contributed by atoms with van der Waals surface area (Å²) in [5.74, 6) is 1.39. The van der Waals surface area contributed by atoms with E-state index in [1.807, 2.05) is 24.3 Å². The van der Waals surface area contributed by atoms with Crippen LogP contribution < -0.4 is 25.8 Å². The minimum absolute atomic E-state index is 0.111. The molecule has 1 aromatic heterocycles. The molecular formula is C25H31F3N6O3S. The van der Waals surface area contributed by atoms with Crippen molar-refractivity contribution in [1.82, 2.24) is 14.7 Å². The standard InChI is InChI=1S/C25H31F3N6O3S/c26-25(27,28)37-19-9-11-20(12-10-19)38(35,36)32-16-18-7-5-17(6-8-18)15-31-24-33-22-4-2-1-3-21(22)23(34-24)30-14-13-29/h1-4,9-12,17-18,32H,5-8,13-16,29H2,(H2,30,31,33,34). The molecule has 1 aliphatic rings. The number of ether oxygens (including phenoxy) is 1. The largest absolute Gasteiger partial charge is 0.573 e. The van der Waals surface area contributed by atoms with E-state index in [2.05, 4.69) is 30.1 Å². The van der Waals surface area contributed by atoms with Crippen molar-refractivity contribution in [3.8, 4) is 5.75 Å². The third-order valence-corrected chi connectivity index (χ3v) is 7.92. The fraction of sp³-hybridized carbons (Fsp3) is 0.440. The molecule has 0 amide bonds. The van der Waals surface area contributed by atoms with Crippen LogP contribution in [0.2, 0.25) is 0 Å². The van der Waals surface area contributed by atoms with Gasteiger partial charge in [-0.05, 0) is 73.9 Å². The number of para-hydroxylation sites is 1. The third kappa shape index (κ3) is 7.68. The molecule has 9 nitrogen and oxygen atoms in total. The van der Waals surface area contributed by atoms with Crippen LogP contribution in [0, 0.1) is 11.8 Å². The first kappa shape index (κ1) is 27.9. The maximum absolute atomic E-state index is 12.6. The van der Waals surface area contributed by atoms with E-state index < -0.39 is 22.1 Å². The number of halogens is 3. The number of benzene rings is 2. The van der Waals surface area contributed by atoms with Crippen LogP contribution in [-0.2, 0) is 10.0 Å². The molecule has 1 aliphatic carbocycles. The number of hydrogen-bond donors (Lipinski definition) is 4. The molecule has 0 unspecified atom stereocenters. The first-order valence-corrected chi connectivity index (χ1v) is 13.9. The summed E-state index contributed by atoms with van der Waals surface area (Å²) in [6, 6.07) is 11.9. The van der Waals surface area contributed by atoms with Crippen molar-refractivity contribution in [2.24, 2.45) is 17.6 Å². The topological polar surface area (TPSA) is 131 Å². The van der Waals surface area contributed by atoms with Gasteiger partial charge in [0, 0.05) is 31.6 Å². The highest BCUT2D eigenvalue weighted by molar-refractivity contribution is 7.89. The Hall–Kier alpha value is -3.16. The number of fused-ring (bicyclic) bond motifs is 1. The molecule has 2 aromatic carbocycles. The maximum Gasteiger partial charge on any atom is 0.573 e. The number of alkyl halides is 3. The second-order valence-corrected chi connectivity index (χ2v) is 11.0. The molecule has 13 heteroatoms. The highest BCUT2D eigenvalue weighted by Crippen LogP contribution is 2.30. The van der Waals surface area contributed by atoms with Crippen LogP contribution in [0.15, 0.2) is 53.4 Å². The number of nitrogens with one attached hydrogen (secondary N) is 3. The van der Waals surface area contributed by atoms with Gasteiger partial charge in [0.15, 0.2) is 0 Å². The van der Waals surface area contributed by atoms with Crippen molar-refractivity contribution in [3.05, 3.63) is 48.5 Å². The Bertz CT molecular complexity index is 1310. The first-order valence-electron chi connectivity index (χ1n) is 12.4. The monoisotopic (exact) mass is 552 g/mol. The molecule has 0 atom stereocenters. The average Bonchev–Trinajstić information content (AvgIpc) is 2.89. The van der Waals surface area contributed by atoms with Crippen molar-refractivity contribution in [3.63, 3.8) is 0 Å². The van der Waals surface area contributed by atoms with Gasteiger partial charge in [-0.1, -0.05) is 12.1 Å². The van der Waals surface area contributed by atoms with E-state index in [-0.39, 0.29) is 17.4 Å². The Morgan fingerprint density at radius 3 is 2.24 bits per heavy atom. The van der Waals surface area contributed by atoms with Gasteiger partial charge in [-0.3, -0.25) is 0 Å². The molecule has 0 radical (unpaired) electrons. The van der Waals surface area contributed by atoms with Crippen LogP contribution in [0.5, 0.6) is 5.75 Å². The first-order chi connectivity index (χ1) is 18.1. The van der Waals surface area contributed by atoms with Crippen molar-refractivity contribution in [1.29, 1.82) is 0 Å². The summed E-state index contributed by atoms with van der Waals surface area (Å²) in [6.07, 6.45) is -1.27. The summed E-state index contributed by atoms with van der Waals surface area (Å²) in [7, 11) is -3.84. The minimum Gasteiger partial charge on any atom is -0.406 e. The summed E-state index contributed by atoms with van der Waals surface area (Å²) in [6.45, 7) is 2.07. The zero-order valence-electron chi connectivity index (χ0n) is 20.7. The van der Waals surface area contributed by atoms with Crippen molar-refractivity contribution in [2.75, 3.05) is 36.8 Å². The Balaban J connectivity index is 1.25. The fourth-order valence-electron chi connectivity index (χ4n) is 4.49. The van der Waals surface area contributed by atoms with Gasteiger partial charge in [-0.15, -0.1) is 13.2 Å². The van der Waals surface area contributed by atoms with Gasteiger partial charge in [-0.25, -0.2) is 18.1 Å². The molecule has 1 heterocycles. The SMILES string of the molecule is NCCNc1nc(NCC2CCC(CNS(=O)(=O)c3ccc(OC(F)(F)F)cc3)CC2)nc2ccccc12. The summed E-state index contributed by atoms with van der Waals surface area (Å²) < 4.78 is 68.4. The lowest BCUT2D eigenvalue weighted by atomic mass is 9.82. The molecule has 38 heavy (non-hydrogen) atoms. The number of sulfonamides is 1. The Labute approximate surface area is 219 Å². The fourth-order valence-corrected chi connectivity index (χ4v) is 5.60. The molecule has 0 saturated heterocycles. The van der Waals surface area contributed by atoms with Crippen LogP contribution in [-0.4, -0.2) is 50.9 Å². The average molecular weight is 553 g/mol. The predicted molar refractivity (Wildman–Crippen MR) is 139 cm³/mol. The number of nitrogens with zero attached hydrogens (tertiary/aromatic N) is 2. The quantitative estimate of drug-likeness (QED) is 0.280. The van der Waals surface area contributed by atoms with E-state index >= 15 is 0 Å². The predicted octanol–water partition coefficient (Wildman–Crippen LogP) is 4.10. The van der Waals surface area contributed by atoms with Gasteiger partial charge >= 0.3 is 6.36 Å². The lowest BCUT2D eigenvalue weighted by Crippen LogP contribution is -2.32. The summed E-state index contributed by atoms with van der Waals surface area (Å²) in [5.41, 5.74) is 6.46. The number of anilines is 2. The van der Waals surface area contributed by atoms with Gasteiger partial charge in [0.1, 0.15) is 11.6 Å². The van der Waals surface area contributed by atoms with Crippen LogP contribution in [0.1, 0.15) is 25.7 Å². The van der Waals surface area contributed by atoms with E-state index in [9.17, 15) is 21.6 Å². The van der Waals surface area contributed by atoms with Crippen molar-refractivity contribution in [2.45, 2.75) is 36.9 Å². The molecule has 5 N–H and O–H groups in total. The lowest BCUT2D eigenvalue weighted by Gasteiger charge is -2.28. The van der Waals surface area contributed by atoms with Crippen molar-refractivity contribution < 1.29 is 26.3 Å². The molecule has 1 fully saturated rings. The van der Waals surface area contributed by atoms with Crippen LogP contribution in [0.4, 0.5) is 24.9 Å². The van der Waals surface area contributed by atoms with E-state index in [1.54, 1.807) is 0 Å². The van der Waals surface area contributed by atoms with Crippen LogP contribution in [0.25, 0.3) is 10.9 Å². The highest BCUT2D eigenvalue weighted by Gasteiger charge is 2.31. The van der Waals surface area contributed by atoms with Gasteiger partial charge in [0.25, 0.3) is 0 Å². The molecule has 3 aromatic rings. The Morgan fingerprint density at radius 1 is 0.921 bits per heavy atom. The van der Waals surface area contributed by atoms with Gasteiger partial charge in [0.05, 0.1) is 10.4 Å². The highest BCUT2D eigenvalue weighted by atomic mass is 32.2. The molecule has 206 valence electrons. The lowest BCUT2D eigenvalue weighted by molar-refractivity contribution is -0.274. The Morgan fingerprint density at radius 2 is 1.58 bits per heavy atom. The second-order valence-electron chi connectivity index (χ2n) is 9.27. The van der Waals surface area contributed by atoms with E-state index in [0.717, 1.165) is 66.7 Å². The normalized spacial score (nSPS) is 18.3. The number of nitrogens with two attached hydrogens (primary N) is 1. The minimum atomic E-state index is -4.83. The third-order valence-electron chi connectivity index (χ3n) is 6.48. The molecule has 0 spiro atoms. The zero-order valence-corrected chi connectivity index (χ0v) is 21.5. The number of aromatic nitrogens is 2.